The monoisotopic (exact) mass is 270 g/mol. The van der Waals surface area contributed by atoms with E-state index >= 15 is 0 Å². The second kappa shape index (κ2) is 5.08. The number of hydrogen-bond donors (Lipinski definition) is 1. The molecule has 1 atom stereocenters. The Hall–Kier alpha value is -1.03. The van der Waals surface area contributed by atoms with Gasteiger partial charge >= 0.3 is 0 Å². The molecule has 0 amide bonds. The maximum Gasteiger partial charge on any atom is 0.0997 e. The number of benzene rings is 1. The Morgan fingerprint density at radius 3 is 2.76 bits per heavy atom. The fourth-order valence-corrected chi connectivity index (χ4v) is 2.11. The van der Waals surface area contributed by atoms with Crippen molar-refractivity contribution >= 4 is 23.2 Å². The maximum absolute atomic E-state index is 10.1. The number of nitrogens with zero attached hydrogens (tertiary/aromatic N) is 2. The van der Waals surface area contributed by atoms with E-state index in [2.05, 4.69) is 5.10 Å². The van der Waals surface area contributed by atoms with Crippen molar-refractivity contribution in [1.82, 2.24) is 9.78 Å². The lowest BCUT2D eigenvalue weighted by molar-refractivity contribution is 0.168. The molecule has 0 spiro atoms. The zero-order valence-electron chi connectivity index (χ0n) is 9.27. The molecule has 3 nitrogen and oxygen atoms in total. The molecule has 90 valence electrons. The van der Waals surface area contributed by atoms with Gasteiger partial charge in [0.1, 0.15) is 0 Å². The van der Waals surface area contributed by atoms with Crippen LogP contribution in [0.1, 0.15) is 17.4 Å². The average molecular weight is 271 g/mol. The number of halogens is 2. The van der Waals surface area contributed by atoms with Gasteiger partial charge in [-0.3, -0.25) is 4.68 Å². The summed E-state index contributed by atoms with van der Waals surface area (Å²) in [7, 11) is 1.79. The molecule has 0 bridgehead atoms. The molecule has 1 aromatic heterocycles. The minimum atomic E-state index is -0.640. The van der Waals surface area contributed by atoms with Gasteiger partial charge in [0, 0.05) is 29.7 Å². The summed E-state index contributed by atoms with van der Waals surface area (Å²) in [6.45, 7) is 0. The molecule has 0 saturated heterocycles. The van der Waals surface area contributed by atoms with Crippen LogP contribution in [0.4, 0.5) is 0 Å². The van der Waals surface area contributed by atoms with Gasteiger partial charge in [0.25, 0.3) is 0 Å². The van der Waals surface area contributed by atoms with Crippen LogP contribution < -0.4 is 0 Å². The van der Waals surface area contributed by atoms with Gasteiger partial charge in [-0.2, -0.15) is 5.10 Å². The third kappa shape index (κ3) is 2.80. The van der Waals surface area contributed by atoms with Crippen LogP contribution in [0.15, 0.2) is 30.5 Å². The molecule has 1 heterocycles. The largest absolute Gasteiger partial charge is 0.386 e. The Morgan fingerprint density at radius 1 is 1.35 bits per heavy atom. The maximum atomic E-state index is 10.1. The van der Waals surface area contributed by atoms with Crippen LogP contribution >= 0.6 is 23.2 Å². The van der Waals surface area contributed by atoms with Crippen molar-refractivity contribution in [3.05, 3.63) is 51.8 Å². The normalized spacial score (nSPS) is 12.7. The van der Waals surface area contributed by atoms with E-state index in [-0.39, 0.29) is 0 Å². The summed E-state index contributed by atoms with van der Waals surface area (Å²) in [6.07, 6.45) is 1.43. The topological polar surface area (TPSA) is 38.0 Å². The third-order valence-corrected chi connectivity index (χ3v) is 3.23. The molecule has 0 saturated carbocycles. The summed E-state index contributed by atoms with van der Waals surface area (Å²) in [6, 6.07) is 7.01. The van der Waals surface area contributed by atoms with Crippen molar-refractivity contribution < 1.29 is 5.11 Å². The highest BCUT2D eigenvalue weighted by atomic mass is 35.5. The number of aryl methyl sites for hydroxylation is 1. The van der Waals surface area contributed by atoms with Crippen LogP contribution in [0.2, 0.25) is 10.0 Å². The van der Waals surface area contributed by atoms with Gasteiger partial charge in [-0.15, -0.1) is 0 Å². The van der Waals surface area contributed by atoms with E-state index in [0.717, 1.165) is 11.3 Å². The second-order valence-electron chi connectivity index (χ2n) is 3.84. The van der Waals surface area contributed by atoms with Crippen molar-refractivity contribution in [3.63, 3.8) is 0 Å². The smallest absolute Gasteiger partial charge is 0.0997 e. The first-order valence-electron chi connectivity index (χ1n) is 5.18. The molecule has 0 aliphatic carbocycles. The van der Waals surface area contributed by atoms with E-state index in [4.69, 9.17) is 23.2 Å². The molecule has 2 aromatic rings. The standard InChI is InChI=1S/C12H12Cl2N2O/c1-16-11(4-5-15-16)12(17)7-8-6-9(13)2-3-10(8)14/h2-6,12,17H,7H2,1H3. The second-order valence-corrected chi connectivity index (χ2v) is 4.68. The molecule has 5 heteroatoms. The van der Waals surface area contributed by atoms with E-state index in [1.54, 1.807) is 42.2 Å². The van der Waals surface area contributed by atoms with Crippen LogP contribution in [0, 0.1) is 0 Å². The molecule has 1 aromatic carbocycles. The molecule has 0 fully saturated rings. The van der Waals surface area contributed by atoms with E-state index in [1.165, 1.54) is 0 Å². The molecule has 0 aliphatic rings. The molecular formula is C12H12Cl2N2O. The van der Waals surface area contributed by atoms with Crippen molar-refractivity contribution in [2.75, 3.05) is 0 Å². The first kappa shape index (κ1) is 12.4. The SMILES string of the molecule is Cn1nccc1C(O)Cc1cc(Cl)ccc1Cl. The van der Waals surface area contributed by atoms with Crippen LogP contribution in [-0.2, 0) is 13.5 Å². The summed E-state index contributed by atoms with van der Waals surface area (Å²) in [5.41, 5.74) is 1.58. The fraction of sp³-hybridized carbons (Fsp3) is 0.250. The zero-order chi connectivity index (χ0) is 12.4. The van der Waals surface area contributed by atoms with E-state index in [9.17, 15) is 5.11 Å². The minimum absolute atomic E-state index is 0.416. The molecule has 0 radical (unpaired) electrons. The van der Waals surface area contributed by atoms with Gasteiger partial charge in [-0.25, -0.2) is 0 Å². The lowest BCUT2D eigenvalue weighted by atomic mass is 10.1. The Morgan fingerprint density at radius 2 is 2.12 bits per heavy atom. The van der Waals surface area contributed by atoms with Crippen LogP contribution in [0.3, 0.4) is 0 Å². The number of hydrogen-bond acceptors (Lipinski definition) is 2. The Bertz CT molecular complexity index is 525. The van der Waals surface area contributed by atoms with E-state index in [1.807, 2.05) is 0 Å². The summed E-state index contributed by atoms with van der Waals surface area (Å²) in [5.74, 6) is 0. The zero-order valence-corrected chi connectivity index (χ0v) is 10.8. The fourth-order valence-electron chi connectivity index (χ4n) is 1.72. The quantitative estimate of drug-likeness (QED) is 0.931. The van der Waals surface area contributed by atoms with Gasteiger partial charge in [0.2, 0.25) is 0 Å². The van der Waals surface area contributed by atoms with Gasteiger partial charge < -0.3 is 5.11 Å². The van der Waals surface area contributed by atoms with Crippen molar-refractivity contribution in [2.24, 2.45) is 7.05 Å². The van der Waals surface area contributed by atoms with Crippen molar-refractivity contribution in [1.29, 1.82) is 0 Å². The Balaban J connectivity index is 2.21. The minimum Gasteiger partial charge on any atom is -0.386 e. The third-order valence-electron chi connectivity index (χ3n) is 2.62. The summed E-state index contributed by atoms with van der Waals surface area (Å²) in [5, 5.41) is 15.3. The van der Waals surface area contributed by atoms with Crippen molar-refractivity contribution in [3.8, 4) is 0 Å². The average Bonchev–Trinajstić information content (AvgIpc) is 2.70. The van der Waals surface area contributed by atoms with E-state index < -0.39 is 6.10 Å². The van der Waals surface area contributed by atoms with Gasteiger partial charge in [0.15, 0.2) is 0 Å². The molecular weight excluding hydrogens is 259 g/mol. The highest BCUT2D eigenvalue weighted by molar-refractivity contribution is 6.33. The van der Waals surface area contributed by atoms with Crippen LogP contribution in [0.25, 0.3) is 0 Å². The summed E-state index contributed by atoms with van der Waals surface area (Å²) in [4.78, 5) is 0. The van der Waals surface area contributed by atoms with Gasteiger partial charge in [-0.1, -0.05) is 23.2 Å². The predicted molar refractivity (Wildman–Crippen MR) is 68.3 cm³/mol. The molecule has 0 aliphatic heterocycles. The Labute approximate surface area is 110 Å². The molecule has 1 unspecified atom stereocenters. The summed E-state index contributed by atoms with van der Waals surface area (Å²) >= 11 is 11.9. The predicted octanol–water partition coefficient (Wildman–Crippen LogP) is 3.00. The highest BCUT2D eigenvalue weighted by Crippen LogP contribution is 2.25. The lowest BCUT2D eigenvalue weighted by Gasteiger charge is -2.12. The van der Waals surface area contributed by atoms with Crippen LogP contribution in [-0.4, -0.2) is 14.9 Å². The Kier molecular flexibility index (Phi) is 3.72. The number of rotatable bonds is 3. The van der Waals surface area contributed by atoms with Crippen molar-refractivity contribution in [2.45, 2.75) is 12.5 Å². The van der Waals surface area contributed by atoms with E-state index in [0.29, 0.717) is 16.5 Å². The first-order valence-corrected chi connectivity index (χ1v) is 5.93. The molecule has 17 heavy (non-hydrogen) atoms. The summed E-state index contributed by atoms with van der Waals surface area (Å²) < 4.78 is 1.64. The van der Waals surface area contributed by atoms with Gasteiger partial charge in [0.05, 0.1) is 11.8 Å². The molecule has 2 rings (SSSR count). The first-order chi connectivity index (χ1) is 8.08. The van der Waals surface area contributed by atoms with Gasteiger partial charge in [-0.05, 0) is 29.8 Å². The number of aliphatic hydroxyl groups is 1. The highest BCUT2D eigenvalue weighted by Gasteiger charge is 2.14. The molecule has 1 N–H and O–H groups in total. The number of aliphatic hydroxyl groups excluding tert-OH is 1. The number of aromatic nitrogens is 2. The van der Waals surface area contributed by atoms with Crippen LogP contribution in [0.5, 0.6) is 0 Å². The lowest BCUT2D eigenvalue weighted by Crippen LogP contribution is -2.08.